The maximum absolute atomic E-state index is 12.1. The van der Waals surface area contributed by atoms with E-state index in [-0.39, 0.29) is 5.91 Å². The third-order valence-corrected chi connectivity index (χ3v) is 5.41. The minimum absolute atomic E-state index is 0.0119. The molecule has 1 saturated heterocycles. The summed E-state index contributed by atoms with van der Waals surface area (Å²) in [7, 11) is 0. The van der Waals surface area contributed by atoms with Gasteiger partial charge < -0.3 is 10.1 Å². The van der Waals surface area contributed by atoms with Crippen LogP contribution in [0.25, 0.3) is 5.69 Å². The van der Waals surface area contributed by atoms with Gasteiger partial charge in [0.2, 0.25) is 5.91 Å². The van der Waals surface area contributed by atoms with E-state index in [9.17, 15) is 4.79 Å². The Morgan fingerprint density at radius 2 is 2.08 bits per heavy atom. The number of morpholine rings is 1. The van der Waals surface area contributed by atoms with Crippen molar-refractivity contribution in [2.24, 2.45) is 0 Å². The van der Waals surface area contributed by atoms with Crippen molar-refractivity contribution in [1.29, 1.82) is 0 Å². The first kappa shape index (κ1) is 18.9. The van der Waals surface area contributed by atoms with Crippen LogP contribution in [0.4, 0.5) is 0 Å². The number of thioether (sulfide) groups is 1. The monoisotopic (exact) mass is 375 g/mol. The number of aryl methyl sites for hydroxylation is 2. The summed E-state index contributed by atoms with van der Waals surface area (Å²) in [6.45, 7) is 9.10. The molecule has 1 N–H and O–H groups in total. The molecule has 0 spiro atoms. The van der Waals surface area contributed by atoms with Gasteiger partial charge in [0, 0.05) is 31.9 Å². The zero-order valence-electron chi connectivity index (χ0n) is 15.3. The number of aromatic nitrogens is 3. The van der Waals surface area contributed by atoms with Gasteiger partial charge in [0.1, 0.15) is 6.33 Å². The Hall–Kier alpha value is -1.90. The Kier molecular flexibility index (Phi) is 6.65. The van der Waals surface area contributed by atoms with E-state index in [0.29, 0.717) is 12.3 Å². The smallest absolute Gasteiger partial charge is 0.230 e. The average molecular weight is 375 g/mol. The van der Waals surface area contributed by atoms with Gasteiger partial charge >= 0.3 is 0 Å². The number of carbonyl (C=O) groups is 1. The van der Waals surface area contributed by atoms with E-state index in [4.69, 9.17) is 4.74 Å². The number of rotatable bonds is 7. The molecule has 1 amide bonds. The zero-order valence-corrected chi connectivity index (χ0v) is 16.1. The fraction of sp³-hybridized carbons (Fsp3) is 0.500. The molecule has 140 valence electrons. The molecule has 8 heteroatoms. The molecule has 26 heavy (non-hydrogen) atoms. The number of amides is 1. The summed E-state index contributed by atoms with van der Waals surface area (Å²) in [5, 5.41) is 11.8. The highest BCUT2D eigenvalue weighted by molar-refractivity contribution is 7.99. The normalized spacial score (nSPS) is 15.2. The molecule has 0 saturated carbocycles. The van der Waals surface area contributed by atoms with Crippen molar-refractivity contribution in [2.75, 3.05) is 45.1 Å². The maximum Gasteiger partial charge on any atom is 0.230 e. The number of nitrogens with one attached hydrogen (secondary N) is 1. The molecule has 0 aliphatic carbocycles. The highest BCUT2D eigenvalue weighted by Gasteiger charge is 2.12. The second-order valence-electron chi connectivity index (χ2n) is 6.34. The number of benzene rings is 1. The molecular weight excluding hydrogens is 350 g/mol. The summed E-state index contributed by atoms with van der Waals surface area (Å²) in [4.78, 5) is 14.4. The maximum atomic E-state index is 12.1. The van der Waals surface area contributed by atoms with Gasteiger partial charge in [0.05, 0.1) is 19.0 Å². The molecule has 1 aliphatic rings. The van der Waals surface area contributed by atoms with Crippen LogP contribution in [0.15, 0.2) is 29.7 Å². The third-order valence-electron chi connectivity index (χ3n) is 4.47. The first-order chi connectivity index (χ1) is 12.6. The van der Waals surface area contributed by atoms with Gasteiger partial charge in [0.15, 0.2) is 5.16 Å². The highest BCUT2D eigenvalue weighted by Crippen LogP contribution is 2.21. The topological polar surface area (TPSA) is 72.3 Å². The number of hydrogen-bond donors (Lipinski definition) is 1. The van der Waals surface area contributed by atoms with Crippen molar-refractivity contribution in [1.82, 2.24) is 25.0 Å². The van der Waals surface area contributed by atoms with Gasteiger partial charge in [-0.25, -0.2) is 0 Å². The quantitative estimate of drug-likeness (QED) is 0.738. The van der Waals surface area contributed by atoms with Crippen LogP contribution in [-0.2, 0) is 9.53 Å². The minimum atomic E-state index is 0.0119. The van der Waals surface area contributed by atoms with E-state index < -0.39 is 0 Å². The zero-order chi connectivity index (χ0) is 18.4. The van der Waals surface area contributed by atoms with Crippen LogP contribution in [-0.4, -0.2) is 70.7 Å². The van der Waals surface area contributed by atoms with Gasteiger partial charge in [-0.05, 0) is 37.1 Å². The van der Waals surface area contributed by atoms with E-state index >= 15 is 0 Å². The number of carbonyl (C=O) groups excluding carboxylic acids is 1. The van der Waals surface area contributed by atoms with E-state index in [1.807, 2.05) is 10.6 Å². The first-order valence-electron chi connectivity index (χ1n) is 8.81. The Labute approximate surface area is 158 Å². The molecule has 1 aliphatic heterocycles. The Morgan fingerprint density at radius 1 is 1.27 bits per heavy atom. The van der Waals surface area contributed by atoms with E-state index in [2.05, 4.69) is 46.4 Å². The van der Waals surface area contributed by atoms with Crippen LogP contribution < -0.4 is 5.32 Å². The molecule has 0 atom stereocenters. The van der Waals surface area contributed by atoms with Gasteiger partial charge in [-0.3, -0.25) is 14.3 Å². The van der Waals surface area contributed by atoms with Crippen LogP contribution in [0.2, 0.25) is 0 Å². The van der Waals surface area contributed by atoms with Gasteiger partial charge in [-0.1, -0.05) is 17.8 Å². The van der Waals surface area contributed by atoms with Crippen molar-refractivity contribution in [3.63, 3.8) is 0 Å². The fourth-order valence-electron chi connectivity index (χ4n) is 2.73. The Bertz CT molecular complexity index is 743. The predicted molar refractivity (Wildman–Crippen MR) is 102 cm³/mol. The largest absolute Gasteiger partial charge is 0.379 e. The van der Waals surface area contributed by atoms with Crippen molar-refractivity contribution < 1.29 is 9.53 Å². The summed E-state index contributed by atoms with van der Waals surface area (Å²) in [6, 6.07) is 6.22. The second kappa shape index (κ2) is 9.16. The molecule has 0 unspecified atom stereocenters. The highest BCUT2D eigenvalue weighted by atomic mass is 32.2. The lowest BCUT2D eigenvalue weighted by Crippen LogP contribution is -2.41. The van der Waals surface area contributed by atoms with Crippen LogP contribution in [0.5, 0.6) is 0 Å². The lowest BCUT2D eigenvalue weighted by atomic mass is 10.1. The van der Waals surface area contributed by atoms with Crippen LogP contribution in [0.1, 0.15) is 11.1 Å². The fourth-order valence-corrected chi connectivity index (χ4v) is 3.49. The molecular formula is C18H25N5O2S. The molecule has 1 aromatic heterocycles. The first-order valence-corrected chi connectivity index (χ1v) is 9.79. The molecule has 0 radical (unpaired) electrons. The predicted octanol–water partition coefficient (Wildman–Crippen LogP) is 1.42. The van der Waals surface area contributed by atoms with E-state index in [1.54, 1.807) is 6.33 Å². The minimum Gasteiger partial charge on any atom is -0.379 e. The Morgan fingerprint density at radius 3 is 2.85 bits per heavy atom. The third kappa shape index (κ3) is 5.06. The standard InChI is InChI=1S/C18H25N5O2S/c1-14-3-4-16(11-15(14)2)23-13-20-21-18(23)26-12-17(24)19-5-6-22-7-9-25-10-8-22/h3-4,11,13H,5-10,12H2,1-2H3,(H,19,24). The van der Waals surface area contributed by atoms with Crippen molar-refractivity contribution >= 4 is 17.7 Å². The molecule has 1 fully saturated rings. The summed E-state index contributed by atoms with van der Waals surface area (Å²) < 4.78 is 7.24. The van der Waals surface area contributed by atoms with Crippen LogP contribution >= 0.6 is 11.8 Å². The lowest BCUT2D eigenvalue weighted by molar-refractivity contribution is -0.118. The van der Waals surface area contributed by atoms with Crippen LogP contribution in [0.3, 0.4) is 0 Å². The van der Waals surface area contributed by atoms with Crippen LogP contribution in [0, 0.1) is 13.8 Å². The van der Waals surface area contributed by atoms with Gasteiger partial charge in [-0.15, -0.1) is 10.2 Å². The van der Waals surface area contributed by atoms with Gasteiger partial charge in [0.25, 0.3) is 0 Å². The van der Waals surface area contributed by atoms with Crippen molar-refractivity contribution in [3.05, 3.63) is 35.7 Å². The number of nitrogens with zero attached hydrogens (tertiary/aromatic N) is 4. The summed E-state index contributed by atoms with van der Waals surface area (Å²) in [5.74, 6) is 0.338. The lowest BCUT2D eigenvalue weighted by Gasteiger charge is -2.26. The van der Waals surface area contributed by atoms with Crippen molar-refractivity contribution in [3.8, 4) is 5.69 Å². The summed E-state index contributed by atoms with van der Waals surface area (Å²) in [5.41, 5.74) is 3.47. The van der Waals surface area contributed by atoms with E-state index in [0.717, 1.165) is 43.7 Å². The molecule has 7 nitrogen and oxygen atoms in total. The number of hydrogen-bond acceptors (Lipinski definition) is 6. The number of ether oxygens (including phenoxy) is 1. The molecule has 2 heterocycles. The molecule has 2 aromatic rings. The second-order valence-corrected chi connectivity index (χ2v) is 7.29. The van der Waals surface area contributed by atoms with Crippen molar-refractivity contribution in [2.45, 2.75) is 19.0 Å². The molecule has 1 aromatic carbocycles. The summed E-state index contributed by atoms with van der Waals surface area (Å²) in [6.07, 6.45) is 1.68. The van der Waals surface area contributed by atoms with Gasteiger partial charge in [-0.2, -0.15) is 0 Å². The SMILES string of the molecule is Cc1ccc(-n2cnnc2SCC(=O)NCCN2CCOCC2)cc1C. The molecule has 0 bridgehead atoms. The Balaban J connectivity index is 1.48. The average Bonchev–Trinajstić information content (AvgIpc) is 3.12. The molecule has 3 rings (SSSR count). The summed E-state index contributed by atoms with van der Waals surface area (Å²) >= 11 is 1.40. The van der Waals surface area contributed by atoms with E-state index in [1.165, 1.54) is 22.9 Å².